The Hall–Kier alpha value is -0.480. The summed E-state index contributed by atoms with van der Waals surface area (Å²) < 4.78 is 0. The maximum atomic E-state index is 6.06. The minimum Gasteiger partial charge on any atom is -0.357 e. The van der Waals surface area contributed by atoms with E-state index in [1.807, 2.05) is 17.8 Å². The Labute approximate surface area is 119 Å². The molecule has 1 unspecified atom stereocenters. The van der Waals surface area contributed by atoms with Crippen molar-refractivity contribution in [3.8, 4) is 0 Å². The first kappa shape index (κ1) is 15.6. The molecule has 0 saturated heterocycles. The SMILES string of the molecule is CCCc1nc(Cl)cc(N(C)C(C)CCSC)n1. The Morgan fingerprint density at radius 2 is 2.17 bits per heavy atom. The highest BCUT2D eigenvalue weighted by Gasteiger charge is 2.13. The van der Waals surface area contributed by atoms with Crippen LogP contribution >= 0.6 is 23.4 Å². The standard InChI is InChI=1S/C13H22ClN3S/c1-5-6-12-15-11(14)9-13(16-12)17(3)10(2)7-8-18-4/h9-10H,5-8H2,1-4H3. The molecule has 5 heteroatoms. The van der Waals surface area contributed by atoms with Gasteiger partial charge in [-0.1, -0.05) is 18.5 Å². The third-order valence-corrected chi connectivity index (χ3v) is 3.80. The molecule has 0 saturated carbocycles. The summed E-state index contributed by atoms with van der Waals surface area (Å²) in [6.07, 6.45) is 5.18. The van der Waals surface area contributed by atoms with Gasteiger partial charge in [-0.15, -0.1) is 0 Å². The summed E-state index contributed by atoms with van der Waals surface area (Å²) in [6, 6.07) is 2.30. The van der Waals surface area contributed by atoms with Crippen molar-refractivity contribution in [3.05, 3.63) is 17.0 Å². The molecule has 0 amide bonds. The number of aromatic nitrogens is 2. The molecule has 0 spiro atoms. The summed E-state index contributed by atoms with van der Waals surface area (Å²) in [4.78, 5) is 11.0. The summed E-state index contributed by atoms with van der Waals surface area (Å²) in [5.41, 5.74) is 0. The van der Waals surface area contributed by atoms with Gasteiger partial charge in [0.05, 0.1) is 0 Å². The Bertz CT molecular complexity index is 373. The molecular weight excluding hydrogens is 266 g/mol. The third-order valence-electron chi connectivity index (χ3n) is 2.96. The molecule has 1 rings (SSSR count). The molecule has 0 aliphatic rings. The quantitative estimate of drug-likeness (QED) is 0.716. The summed E-state index contributed by atoms with van der Waals surface area (Å²) >= 11 is 7.93. The van der Waals surface area contributed by atoms with E-state index in [2.05, 4.69) is 42.0 Å². The predicted octanol–water partition coefficient (Wildman–Crippen LogP) is 3.66. The van der Waals surface area contributed by atoms with E-state index in [1.54, 1.807) is 0 Å². The van der Waals surface area contributed by atoms with Gasteiger partial charge in [0.2, 0.25) is 0 Å². The second-order valence-electron chi connectivity index (χ2n) is 4.46. The monoisotopic (exact) mass is 287 g/mol. The van der Waals surface area contributed by atoms with Crippen molar-refractivity contribution in [1.82, 2.24) is 9.97 Å². The fraction of sp³-hybridized carbons (Fsp3) is 0.692. The van der Waals surface area contributed by atoms with Gasteiger partial charge in [0.1, 0.15) is 16.8 Å². The summed E-state index contributed by atoms with van der Waals surface area (Å²) in [6.45, 7) is 4.33. The maximum absolute atomic E-state index is 6.06. The number of halogens is 1. The Morgan fingerprint density at radius 1 is 1.44 bits per heavy atom. The Balaban J connectivity index is 2.80. The van der Waals surface area contributed by atoms with Crippen molar-refractivity contribution in [3.63, 3.8) is 0 Å². The first-order valence-corrected chi connectivity index (χ1v) is 8.10. The number of rotatable bonds is 7. The molecule has 102 valence electrons. The van der Waals surface area contributed by atoms with Crippen LogP contribution in [0.15, 0.2) is 6.07 Å². The van der Waals surface area contributed by atoms with Crippen LogP contribution in [0.4, 0.5) is 5.82 Å². The fourth-order valence-electron chi connectivity index (χ4n) is 1.68. The smallest absolute Gasteiger partial charge is 0.134 e. The van der Waals surface area contributed by atoms with E-state index in [9.17, 15) is 0 Å². The maximum Gasteiger partial charge on any atom is 0.134 e. The number of nitrogens with zero attached hydrogens (tertiary/aromatic N) is 3. The molecule has 0 radical (unpaired) electrons. The number of hydrogen-bond acceptors (Lipinski definition) is 4. The molecule has 0 fully saturated rings. The van der Waals surface area contributed by atoms with Gasteiger partial charge in [-0.2, -0.15) is 11.8 Å². The zero-order chi connectivity index (χ0) is 13.5. The van der Waals surface area contributed by atoms with Gasteiger partial charge in [0.25, 0.3) is 0 Å². The van der Waals surface area contributed by atoms with Gasteiger partial charge in [0.15, 0.2) is 0 Å². The van der Waals surface area contributed by atoms with E-state index < -0.39 is 0 Å². The van der Waals surface area contributed by atoms with Crippen LogP contribution in [-0.2, 0) is 6.42 Å². The highest BCUT2D eigenvalue weighted by molar-refractivity contribution is 7.98. The lowest BCUT2D eigenvalue weighted by Gasteiger charge is -2.26. The molecule has 0 aliphatic heterocycles. The van der Waals surface area contributed by atoms with Crippen LogP contribution in [0.25, 0.3) is 0 Å². The average molecular weight is 288 g/mol. The number of aryl methyl sites for hydroxylation is 1. The first-order chi connectivity index (χ1) is 8.58. The van der Waals surface area contributed by atoms with E-state index in [0.29, 0.717) is 11.2 Å². The molecule has 3 nitrogen and oxygen atoms in total. The largest absolute Gasteiger partial charge is 0.357 e. The highest BCUT2D eigenvalue weighted by atomic mass is 35.5. The van der Waals surface area contributed by atoms with E-state index in [4.69, 9.17) is 11.6 Å². The number of anilines is 1. The molecule has 1 atom stereocenters. The lowest BCUT2D eigenvalue weighted by molar-refractivity contribution is 0.658. The zero-order valence-electron chi connectivity index (χ0n) is 11.6. The molecule has 18 heavy (non-hydrogen) atoms. The van der Waals surface area contributed by atoms with Crippen molar-refractivity contribution >= 4 is 29.2 Å². The molecule has 0 N–H and O–H groups in total. The van der Waals surface area contributed by atoms with Crippen LogP contribution in [-0.4, -0.2) is 35.1 Å². The fourth-order valence-corrected chi connectivity index (χ4v) is 2.45. The van der Waals surface area contributed by atoms with Gasteiger partial charge in [-0.05, 0) is 31.8 Å². The van der Waals surface area contributed by atoms with Gasteiger partial charge in [-0.3, -0.25) is 0 Å². The minimum absolute atomic E-state index is 0.456. The minimum atomic E-state index is 0.456. The van der Waals surface area contributed by atoms with Gasteiger partial charge >= 0.3 is 0 Å². The van der Waals surface area contributed by atoms with Crippen molar-refractivity contribution in [1.29, 1.82) is 0 Å². The van der Waals surface area contributed by atoms with Crippen LogP contribution in [0.2, 0.25) is 5.15 Å². The van der Waals surface area contributed by atoms with Crippen molar-refractivity contribution in [2.75, 3.05) is 24.0 Å². The molecule has 1 aromatic rings. The molecule has 1 aromatic heterocycles. The average Bonchev–Trinajstić information content (AvgIpc) is 2.34. The molecule has 0 aromatic carbocycles. The lowest BCUT2D eigenvalue weighted by Crippen LogP contribution is -2.30. The Morgan fingerprint density at radius 3 is 2.78 bits per heavy atom. The van der Waals surface area contributed by atoms with Crippen LogP contribution in [0, 0.1) is 0 Å². The lowest BCUT2D eigenvalue weighted by atomic mass is 10.2. The second kappa shape index (κ2) is 7.85. The number of thioether (sulfide) groups is 1. The van der Waals surface area contributed by atoms with Crippen molar-refractivity contribution < 1.29 is 0 Å². The number of hydrogen-bond donors (Lipinski definition) is 0. The first-order valence-electron chi connectivity index (χ1n) is 6.33. The van der Waals surface area contributed by atoms with E-state index >= 15 is 0 Å². The zero-order valence-corrected chi connectivity index (χ0v) is 13.2. The Kier molecular flexibility index (Phi) is 6.79. The van der Waals surface area contributed by atoms with Crippen LogP contribution < -0.4 is 4.90 Å². The normalized spacial score (nSPS) is 12.5. The van der Waals surface area contributed by atoms with Gasteiger partial charge in [-0.25, -0.2) is 9.97 Å². The summed E-state index contributed by atoms with van der Waals surface area (Å²) in [5, 5.41) is 0.535. The predicted molar refractivity (Wildman–Crippen MR) is 81.9 cm³/mol. The van der Waals surface area contributed by atoms with E-state index in [0.717, 1.165) is 36.7 Å². The topological polar surface area (TPSA) is 29.0 Å². The molecule has 0 bridgehead atoms. The molecule has 1 heterocycles. The molecular formula is C13H22ClN3S. The summed E-state index contributed by atoms with van der Waals surface area (Å²) in [7, 11) is 2.07. The van der Waals surface area contributed by atoms with Crippen molar-refractivity contribution in [2.45, 2.75) is 39.2 Å². The van der Waals surface area contributed by atoms with Crippen molar-refractivity contribution in [2.24, 2.45) is 0 Å². The van der Waals surface area contributed by atoms with Crippen LogP contribution in [0.3, 0.4) is 0 Å². The van der Waals surface area contributed by atoms with Crippen LogP contribution in [0.5, 0.6) is 0 Å². The summed E-state index contributed by atoms with van der Waals surface area (Å²) in [5.74, 6) is 2.92. The van der Waals surface area contributed by atoms with E-state index in [1.165, 1.54) is 0 Å². The van der Waals surface area contributed by atoms with E-state index in [-0.39, 0.29) is 0 Å². The highest BCUT2D eigenvalue weighted by Crippen LogP contribution is 2.19. The molecule has 0 aliphatic carbocycles. The second-order valence-corrected chi connectivity index (χ2v) is 5.83. The third kappa shape index (κ3) is 4.65. The van der Waals surface area contributed by atoms with Crippen LogP contribution in [0.1, 0.15) is 32.5 Å². The van der Waals surface area contributed by atoms with Gasteiger partial charge in [0, 0.05) is 25.6 Å². The van der Waals surface area contributed by atoms with Gasteiger partial charge < -0.3 is 4.90 Å².